The number of ether oxygens (including phenoxy) is 2. The van der Waals surface area contributed by atoms with E-state index in [1.807, 2.05) is 24.3 Å². The molecule has 144 valence electrons. The summed E-state index contributed by atoms with van der Waals surface area (Å²) in [6.45, 7) is 1.41. The molecule has 2 rings (SSSR count). The van der Waals surface area contributed by atoms with Gasteiger partial charge >= 0.3 is 0 Å². The van der Waals surface area contributed by atoms with E-state index in [0.717, 1.165) is 10.0 Å². The van der Waals surface area contributed by atoms with Crippen LogP contribution < -0.4 is 20.1 Å². The summed E-state index contributed by atoms with van der Waals surface area (Å²) < 4.78 is 11.4. The Morgan fingerprint density at radius 1 is 1.11 bits per heavy atom. The summed E-state index contributed by atoms with van der Waals surface area (Å²) in [5, 5.41) is 5.96. The minimum Gasteiger partial charge on any atom is -0.495 e. The molecule has 27 heavy (non-hydrogen) atoms. The second-order valence-electron chi connectivity index (χ2n) is 5.74. The summed E-state index contributed by atoms with van der Waals surface area (Å²) in [5.74, 6) is 0.314. The lowest BCUT2D eigenvalue weighted by Crippen LogP contribution is -2.29. The number of halogens is 2. The molecule has 0 bridgehead atoms. The van der Waals surface area contributed by atoms with Crippen molar-refractivity contribution in [2.45, 2.75) is 19.4 Å². The van der Waals surface area contributed by atoms with Gasteiger partial charge in [-0.15, -0.1) is 0 Å². The van der Waals surface area contributed by atoms with Crippen LogP contribution in [0.25, 0.3) is 0 Å². The van der Waals surface area contributed by atoms with Crippen LogP contribution in [-0.4, -0.2) is 26.0 Å². The van der Waals surface area contributed by atoms with Crippen molar-refractivity contribution in [3.05, 3.63) is 51.5 Å². The van der Waals surface area contributed by atoms with E-state index >= 15 is 0 Å². The zero-order valence-electron chi connectivity index (χ0n) is 15.1. The van der Waals surface area contributed by atoms with Crippen LogP contribution in [0.15, 0.2) is 40.9 Å². The lowest BCUT2D eigenvalue weighted by atomic mass is 10.0. The third-order valence-electron chi connectivity index (χ3n) is 3.79. The number of methoxy groups -OCH3 is 2. The third kappa shape index (κ3) is 5.87. The summed E-state index contributed by atoms with van der Waals surface area (Å²) in [6.07, 6.45) is 0.0509. The molecule has 0 heterocycles. The number of nitrogens with one attached hydrogen (secondary N) is 2. The van der Waals surface area contributed by atoms with E-state index in [1.165, 1.54) is 21.1 Å². The molecule has 0 aromatic heterocycles. The second-order valence-corrected chi connectivity index (χ2v) is 7.07. The van der Waals surface area contributed by atoms with Crippen LogP contribution >= 0.6 is 27.5 Å². The fourth-order valence-corrected chi connectivity index (χ4v) is 3.03. The fourth-order valence-electron chi connectivity index (χ4n) is 2.54. The molecule has 2 N–H and O–H groups in total. The van der Waals surface area contributed by atoms with Gasteiger partial charge in [-0.3, -0.25) is 9.59 Å². The van der Waals surface area contributed by atoms with Gasteiger partial charge < -0.3 is 20.1 Å². The van der Waals surface area contributed by atoms with Gasteiger partial charge in [0.2, 0.25) is 11.8 Å². The normalized spacial score (nSPS) is 11.4. The van der Waals surface area contributed by atoms with Crippen molar-refractivity contribution < 1.29 is 19.1 Å². The first-order valence-corrected chi connectivity index (χ1v) is 9.25. The molecule has 0 fully saturated rings. The molecule has 2 aromatic carbocycles. The van der Waals surface area contributed by atoms with Crippen LogP contribution in [0.2, 0.25) is 5.02 Å². The van der Waals surface area contributed by atoms with Gasteiger partial charge in [0.25, 0.3) is 0 Å². The third-order valence-corrected chi connectivity index (χ3v) is 4.61. The molecule has 2 aromatic rings. The van der Waals surface area contributed by atoms with Crippen molar-refractivity contribution in [1.82, 2.24) is 5.32 Å². The highest BCUT2D eigenvalue weighted by molar-refractivity contribution is 9.10. The Morgan fingerprint density at radius 3 is 2.30 bits per heavy atom. The van der Waals surface area contributed by atoms with Crippen LogP contribution in [0, 0.1) is 0 Å². The molecule has 8 heteroatoms. The van der Waals surface area contributed by atoms with Crippen molar-refractivity contribution in [2.75, 3.05) is 19.5 Å². The molecule has 1 atom stereocenters. The summed E-state index contributed by atoms with van der Waals surface area (Å²) in [5.41, 5.74) is 1.25. The van der Waals surface area contributed by atoms with Crippen molar-refractivity contribution in [3.8, 4) is 11.5 Å². The summed E-state index contributed by atoms with van der Waals surface area (Å²) in [4.78, 5) is 24.1. The van der Waals surface area contributed by atoms with Gasteiger partial charge in [-0.2, -0.15) is 0 Å². The predicted octanol–water partition coefficient (Wildman–Crippen LogP) is 4.33. The number of benzene rings is 2. The Labute approximate surface area is 171 Å². The molecule has 0 aliphatic heterocycles. The first-order valence-electron chi connectivity index (χ1n) is 8.08. The van der Waals surface area contributed by atoms with Crippen LogP contribution in [0.4, 0.5) is 5.69 Å². The van der Waals surface area contributed by atoms with E-state index in [9.17, 15) is 9.59 Å². The van der Waals surface area contributed by atoms with Gasteiger partial charge in [0, 0.05) is 23.5 Å². The number of anilines is 1. The van der Waals surface area contributed by atoms with Crippen LogP contribution in [0.5, 0.6) is 11.5 Å². The van der Waals surface area contributed by atoms with Crippen molar-refractivity contribution in [3.63, 3.8) is 0 Å². The first-order chi connectivity index (χ1) is 12.8. The Bertz CT molecular complexity index is 827. The highest BCUT2D eigenvalue weighted by Gasteiger charge is 2.19. The molecule has 6 nitrogen and oxygen atoms in total. The Hall–Kier alpha value is -2.25. The van der Waals surface area contributed by atoms with Crippen molar-refractivity contribution in [2.24, 2.45) is 0 Å². The quantitative estimate of drug-likeness (QED) is 0.652. The van der Waals surface area contributed by atoms with E-state index in [-0.39, 0.29) is 18.2 Å². The lowest BCUT2D eigenvalue weighted by Gasteiger charge is -2.19. The SMILES string of the molecule is COc1cc(NC(=O)CC(NC(C)=O)c2ccc(Br)cc2)c(OC)cc1Cl. The summed E-state index contributed by atoms with van der Waals surface area (Å²) >= 11 is 9.45. The van der Waals surface area contributed by atoms with Crippen LogP contribution in [-0.2, 0) is 9.59 Å². The predicted molar refractivity (Wildman–Crippen MR) is 109 cm³/mol. The number of hydrogen-bond acceptors (Lipinski definition) is 4. The Balaban J connectivity index is 2.20. The molecule has 2 amide bonds. The van der Waals surface area contributed by atoms with Crippen LogP contribution in [0.3, 0.4) is 0 Å². The van der Waals surface area contributed by atoms with Gasteiger partial charge in [-0.25, -0.2) is 0 Å². The minimum atomic E-state index is -0.462. The molecular formula is C19H20BrClN2O4. The molecule has 0 saturated carbocycles. The largest absolute Gasteiger partial charge is 0.495 e. The number of rotatable bonds is 7. The maximum absolute atomic E-state index is 12.6. The number of carbonyl (C=O) groups excluding carboxylic acids is 2. The molecule has 1 unspecified atom stereocenters. The monoisotopic (exact) mass is 454 g/mol. The lowest BCUT2D eigenvalue weighted by molar-refractivity contribution is -0.120. The highest BCUT2D eigenvalue weighted by atomic mass is 79.9. The summed E-state index contributed by atoms with van der Waals surface area (Å²) in [7, 11) is 2.97. The standard InChI is InChI=1S/C19H20BrClN2O4/c1-11(24)22-15(12-4-6-13(20)7-5-12)10-19(25)23-16-9-17(26-2)14(21)8-18(16)27-3/h4-9,15H,10H2,1-3H3,(H,22,24)(H,23,25). The topological polar surface area (TPSA) is 76.7 Å². The van der Waals surface area contributed by atoms with E-state index in [2.05, 4.69) is 26.6 Å². The first kappa shape index (κ1) is 21.1. The number of carbonyl (C=O) groups is 2. The average Bonchev–Trinajstić information content (AvgIpc) is 2.62. The maximum Gasteiger partial charge on any atom is 0.226 e. The molecular weight excluding hydrogens is 436 g/mol. The zero-order valence-corrected chi connectivity index (χ0v) is 17.5. The Morgan fingerprint density at radius 2 is 1.74 bits per heavy atom. The second kappa shape index (κ2) is 9.62. The van der Waals surface area contributed by atoms with Gasteiger partial charge in [0.15, 0.2) is 0 Å². The van der Waals surface area contributed by atoms with E-state index in [1.54, 1.807) is 12.1 Å². The van der Waals surface area contributed by atoms with Crippen molar-refractivity contribution in [1.29, 1.82) is 0 Å². The molecule has 0 spiro atoms. The minimum absolute atomic E-state index is 0.0509. The van der Waals surface area contributed by atoms with Crippen molar-refractivity contribution >= 4 is 45.0 Å². The summed E-state index contributed by atoms with van der Waals surface area (Å²) in [6, 6.07) is 10.1. The van der Waals surface area contributed by atoms with E-state index in [0.29, 0.717) is 22.2 Å². The van der Waals surface area contributed by atoms with Gasteiger partial charge in [0.1, 0.15) is 11.5 Å². The Kier molecular flexibility index (Phi) is 7.50. The maximum atomic E-state index is 12.6. The smallest absolute Gasteiger partial charge is 0.226 e. The molecule has 0 saturated heterocycles. The van der Waals surface area contributed by atoms with Gasteiger partial charge in [-0.1, -0.05) is 39.7 Å². The zero-order chi connectivity index (χ0) is 20.0. The fraction of sp³-hybridized carbons (Fsp3) is 0.263. The van der Waals surface area contributed by atoms with E-state index in [4.69, 9.17) is 21.1 Å². The van der Waals surface area contributed by atoms with E-state index < -0.39 is 6.04 Å². The molecule has 0 radical (unpaired) electrons. The van der Waals surface area contributed by atoms with Gasteiger partial charge in [0.05, 0.1) is 37.4 Å². The molecule has 0 aliphatic carbocycles. The van der Waals surface area contributed by atoms with Crippen LogP contribution in [0.1, 0.15) is 24.9 Å². The van der Waals surface area contributed by atoms with Gasteiger partial charge in [-0.05, 0) is 17.7 Å². The highest BCUT2D eigenvalue weighted by Crippen LogP contribution is 2.36. The average molecular weight is 456 g/mol. The molecule has 0 aliphatic rings. The number of hydrogen-bond donors (Lipinski definition) is 2. The number of amides is 2.